The fourth-order valence-corrected chi connectivity index (χ4v) is 3.05. The van der Waals surface area contributed by atoms with Gasteiger partial charge in [-0.1, -0.05) is 12.1 Å². The zero-order valence-electron chi connectivity index (χ0n) is 10.7. The number of para-hydroxylation sites is 1. The fraction of sp³-hybridized carbons (Fsp3) is 0.500. The van der Waals surface area contributed by atoms with E-state index < -0.39 is 11.9 Å². The molecule has 3 aliphatic heterocycles. The van der Waals surface area contributed by atoms with Crippen molar-refractivity contribution in [1.82, 2.24) is 0 Å². The molecule has 1 aromatic rings. The van der Waals surface area contributed by atoms with Crippen LogP contribution in [0.15, 0.2) is 24.3 Å². The predicted octanol–water partition coefficient (Wildman–Crippen LogP) is 1.05. The molecular weight excluding hydrogens is 247 g/mol. The molecule has 3 saturated heterocycles. The van der Waals surface area contributed by atoms with E-state index in [0.717, 1.165) is 19.4 Å². The first-order valence-corrected chi connectivity index (χ1v) is 6.78. The van der Waals surface area contributed by atoms with E-state index in [-0.39, 0.29) is 11.8 Å². The zero-order valence-corrected chi connectivity index (χ0v) is 10.7. The lowest BCUT2D eigenvalue weighted by Crippen LogP contribution is -3.16. The van der Waals surface area contributed by atoms with Crippen molar-refractivity contribution in [2.45, 2.75) is 18.9 Å². The third-order valence-electron chi connectivity index (χ3n) is 4.12. The summed E-state index contributed by atoms with van der Waals surface area (Å²) in [6.07, 6.45) is 1.66. The maximum atomic E-state index is 13.4. The van der Waals surface area contributed by atoms with Gasteiger partial charge >= 0.3 is 6.09 Å². The number of halogens is 1. The molecule has 102 valence electrons. The third kappa shape index (κ3) is 2.71. The van der Waals surface area contributed by atoms with Gasteiger partial charge in [0.2, 0.25) is 0 Å². The van der Waals surface area contributed by atoms with E-state index in [2.05, 4.69) is 5.32 Å². The molecule has 2 N–H and O–H groups in total. The van der Waals surface area contributed by atoms with Crippen molar-refractivity contribution >= 4 is 11.8 Å². The summed E-state index contributed by atoms with van der Waals surface area (Å²) in [5, 5.41) is 2.47. The van der Waals surface area contributed by atoms with Gasteiger partial charge in [0.25, 0.3) is 0 Å². The van der Waals surface area contributed by atoms with Gasteiger partial charge in [0.15, 0.2) is 6.10 Å². The van der Waals surface area contributed by atoms with E-state index in [1.165, 1.54) is 30.1 Å². The minimum Gasteiger partial charge on any atom is -0.440 e. The monoisotopic (exact) mass is 265 g/mol. The van der Waals surface area contributed by atoms with Crippen molar-refractivity contribution in [1.29, 1.82) is 0 Å². The van der Waals surface area contributed by atoms with E-state index in [0.29, 0.717) is 5.92 Å². The van der Waals surface area contributed by atoms with E-state index in [1.54, 1.807) is 12.1 Å². The molecule has 0 saturated carbocycles. The number of quaternary nitrogens is 1. The number of fused-ring (bicyclic) bond motifs is 3. The van der Waals surface area contributed by atoms with Crippen LogP contribution in [0.1, 0.15) is 12.8 Å². The van der Waals surface area contributed by atoms with Gasteiger partial charge in [-0.15, -0.1) is 0 Å². The highest BCUT2D eigenvalue weighted by Gasteiger charge is 2.39. The summed E-state index contributed by atoms with van der Waals surface area (Å²) in [6.45, 7) is 3.24. The Bertz CT molecular complexity index is 472. The van der Waals surface area contributed by atoms with Gasteiger partial charge in [-0.25, -0.2) is 9.18 Å². The highest BCUT2D eigenvalue weighted by atomic mass is 19.1. The maximum Gasteiger partial charge on any atom is 0.412 e. The standard InChI is InChI=1S/C14H17FN2O2/c15-11-3-1-2-4-12(11)16-14(18)19-13-9-17-7-5-10(13)6-8-17/h1-4,10,13H,5-9H2,(H,16,18)/p+1/t13-/m1/s1. The first kappa shape index (κ1) is 12.4. The molecule has 5 heteroatoms. The number of amides is 1. The van der Waals surface area contributed by atoms with Crippen LogP contribution in [0.25, 0.3) is 0 Å². The fourth-order valence-electron chi connectivity index (χ4n) is 3.05. The Morgan fingerprint density at radius 2 is 2.05 bits per heavy atom. The van der Waals surface area contributed by atoms with E-state index in [4.69, 9.17) is 4.74 Å². The smallest absolute Gasteiger partial charge is 0.412 e. The van der Waals surface area contributed by atoms with E-state index >= 15 is 0 Å². The summed E-state index contributed by atoms with van der Waals surface area (Å²) in [7, 11) is 0. The molecule has 4 rings (SSSR count). The summed E-state index contributed by atoms with van der Waals surface area (Å²) in [6, 6.07) is 6.10. The Labute approximate surface area is 111 Å². The topological polar surface area (TPSA) is 42.8 Å². The van der Waals surface area contributed by atoms with E-state index in [1.807, 2.05) is 0 Å². The molecule has 2 bridgehead atoms. The van der Waals surface area contributed by atoms with Gasteiger partial charge in [-0.2, -0.15) is 0 Å². The molecule has 0 radical (unpaired) electrons. The lowest BCUT2D eigenvalue weighted by Gasteiger charge is -2.40. The number of hydrogen-bond donors (Lipinski definition) is 2. The predicted molar refractivity (Wildman–Crippen MR) is 68.6 cm³/mol. The molecule has 1 atom stereocenters. The van der Waals surface area contributed by atoms with Crippen LogP contribution in [0.3, 0.4) is 0 Å². The van der Waals surface area contributed by atoms with Crippen molar-refractivity contribution in [2.24, 2.45) is 5.92 Å². The van der Waals surface area contributed by atoms with Crippen LogP contribution >= 0.6 is 0 Å². The molecule has 3 heterocycles. The number of benzene rings is 1. The Kier molecular flexibility index (Phi) is 3.38. The van der Waals surface area contributed by atoms with Gasteiger partial charge in [0.1, 0.15) is 12.4 Å². The van der Waals surface area contributed by atoms with Gasteiger partial charge in [0.05, 0.1) is 18.8 Å². The Balaban J connectivity index is 1.58. The minimum atomic E-state index is -0.553. The SMILES string of the molecule is O=C(Nc1ccccc1F)O[C@@H]1C[NH+]2CCC1CC2. The number of rotatable bonds is 2. The molecule has 1 aromatic carbocycles. The van der Waals surface area contributed by atoms with Crippen molar-refractivity contribution in [3.8, 4) is 0 Å². The average molecular weight is 265 g/mol. The van der Waals surface area contributed by atoms with Crippen LogP contribution < -0.4 is 10.2 Å². The molecule has 4 nitrogen and oxygen atoms in total. The second-order valence-electron chi connectivity index (χ2n) is 5.34. The zero-order chi connectivity index (χ0) is 13.2. The highest BCUT2D eigenvalue weighted by molar-refractivity contribution is 5.84. The Morgan fingerprint density at radius 3 is 2.68 bits per heavy atom. The van der Waals surface area contributed by atoms with Crippen molar-refractivity contribution < 1.29 is 18.8 Å². The van der Waals surface area contributed by atoms with Crippen molar-refractivity contribution in [3.05, 3.63) is 30.1 Å². The van der Waals surface area contributed by atoms with Gasteiger partial charge in [-0.3, -0.25) is 5.32 Å². The van der Waals surface area contributed by atoms with Crippen LogP contribution in [-0.4, -0.2) is 31.8 Å². The van der Waals surface area contributed by atoms with Crippen LogP contribution in [0.4, 0.5) is 14.9 Å². The number of piperidine rings is 3. The molecule has 0 unspecified atom stereocenters. The molecule has 19 heavy (non-hydrogen) atoms. The van der Waals surface area contributed by atoms with Gasteiger partial charge in [-0.05, 0) is 12.1 Å². The number of nitrogens with one attached hydrogen (secondary N) is 2. The molecule has 3 fully saturated rings. The second-order valence-corrected chi connectivity index (χ2v) is 5.34. The number of ether oxygens (including phenoxy) is 1. The molecule has 0 aromatic heterocycles. The number of carbonyl (C=O) groups excluding carboxylic acids is 1. The summed E-state index contributed by atoms with van der Waals surface area (Å²) >= 11 is 0. The molecule has 0 aliphatic carbocycles. The van der Waals surface area contributed by atoms with E-state index in [9.17, 15) is 9.18 Å². The van der Waals surface area contributed by atoms with Crippen LogP contribution in [0, 0.1) is 11.7 Å². The van der Waals surface area contributed by atoms with Crippen LogP contribution in [0.5, 0.6) is 0 Å². The van der Waals surface area contributed by atoms with Crippen LogP contribution in [-0.2, 0) is 4.74 Å². The Hall–Kier alpha value is -1.62. The molecule has 1 amide bonds. The van der Waals surface area contributed by atoms with Gasteiger partial charge in [0, 0.05) is 18.8 Å². The lowest BCUT2D eigenvalue weighted by molar-refractivity contribution is -0.920. The quantitative estimate of drug-likeness (QED) is 0.839. The first-order chi connectivity index (χ1) is 9.22. The Morgan fingerprint density at radius 1 is 1.32 bits per heavy atom. The summed E-state index contributed by atoms with van der Waals surface area (Å²) in [4.78, 5) is 13.3. The summed E-state index contributed by atoms with van der Waals surface area (Å²) < 4.78 is 18.9. The largest absolute Gasteiger partial charge is 0.440 e. The highest BCUT2D eigenvalue weighted by Crippen LogP contribution is 2.21. The van der Waals surface area contributed by atoms with Gasteiger partial charge < -0.3 is 9.64 Å². The lowest BCUT2D eigenvalue weighted by atomic mass is 9.86. The number of hydrogen-bond acceptors (Lipinski definition) is 2. The number of carbonyl (C=O) groups is 1. The maximum absolute atomic E-state index is 13.4. The second kappa shape index (κ2) is 5.17. The first-order valence-electron chi connectivity index (χ1n) is 6.78. The third-order valence-corrected chi connectivity index (χ3v) is 4.12. The molecule has 0 spiro atoms. The molecular formula is C14H18FN2O2+. The summed E-state index contributed by atoms with van der Waals surface area (Å²) in [5.41, 5.74) is 0.168. The normalized spacial score (nSPS) is 29.0. The van der Waals surface area contributed by atoms with Crippen molar-refractivity contribution in [3.63, 3.8) is 0 Å². The average Bonchev–Trinajstić information content (AvgIpc) is 2.43. The molecule has 3 aliphatic rings. The number of anilines is 1. The van der Waals surface area contributed by atoms with Crippen molar-refractivity contribution in [2.75, 3.05) is 25.0 Å². The van der Waals surface area contributed by atoms with Crippen LogP contribution in [0.2, 0.25) is 0 Å². The minimum absolute atomic E-state index is 0.0238. The summed E-state index contributed by atoms with van der Waals surface area (Å²) in [5.74, 6) is 0.0304.